The van der Waals surface area contributed by atoms with E-state index in [1.807, 2.05) is 78.9 Å². The van der Waals surface area contributed by atoms with Crippen molar-refractivity contribution in [3.8, 4) is 11.1 Å². The Bertz CT molecular complexity index is 1480. The zero-order valence-corrected chi connectivity index (χ0v) is 24.9. The number of amides is 1. The van der Waals surface area contributed by atoms with Gasteiger partial charge in [-0.25, -0.2) is 9.78 Å². The molecule has 0 bridgehead atoms. The number of aliphatic hydroxyl groups is 1. The molecule has 1 saturated heterocycles. The highest BCUT2D eigenvalue weighted by Crippen LogP contribution is 2.43. The molecule has 5 rings (SSSR count). The summed E-state index contributed by atoms with van der Waals surface area (Å²) >= 11 is 1.67. The van der Waals surface area contributed by atoms with Gasteiger partial charge in [0.15, 0.2) is 6.29 Å². The second-order valence-corrected chi connectivity index (χ2v) is 11.4. The van der Waals surface area contributed by atoms with Gasteiger partial charge in [-0.05, 0) is 39.9 Å². The summed E-state index contributed by atoms with van der Waals surface area (Å²) < 4.78 is 18.2. The summed E-state index contributed by atoms with van der Waals surface area (Å²) in [7, 11) is 0. The van der Waals surface area contributed by atoms with Crippen LogP contribution in [0.3, 0.4) is 0 Å². The maximum atomic E-state index is 12.0. The number of aromatic nitrogens is 1. The van der Waals surface area contributed by atoms with Crippen molar-refractivity contribution in [2.24, 2.45) is 5.92 Å². The third kappa shape index (κ3) is 7.91. The Morgan fingerprint density at radius 2 is 1.74 bits per heavy atom. The van der Waals surface area contributed by atoms with Crippen molar-refractivity contribution in [1.82, 2.24) is 10.3 Å². The first-order valence-corrected chi connectivity index (χ1v) is 15.3. The van der Waals surface area contributed by atoms with E-state index in [1.165, 1.54) is 6.08 Å². The molecule has 1 aliphatic heterocycles. The van der Waals surface area contributed by atoms with Crippen LogP contribution in [0.5, 0.6) is 0 Å². The Morgan fingerprint density at radius 3 is 2.47 bits per heavy atom. The molecule has 3 aromatic carbocycles. The summed E-state index contributed by atoms with van der Waals surface area (Å²) in [5.41, 5.74) is 5.84. The highest BCUT2D eigenvalue weighted by Gasteiger charge is 2.38. The van der Waals surface area contributed by atoms with Crippen molar-refractivity contribution in [2.45, 2.75) is 43.6 Å². The standard InChI is InChI=1S/C35H36N2O5S/c1-3-20-40-35(39)37-21-29-8-4-5-9-30(29)26-15-17-28(18-16-26)34-41-31(23-43-32-10-6-7-19-36-32)24(2)33(42-34)27-13-11-25(22-38)12-14-27/h3-19,24,31,33-34,38H,1,20-23H2,2H3,(H,37,39)/t24-,31+,33+,34+/m1/s1. The molecule has 0 spiro atoms. The van der Waals surface area contributed by atoms with Crippen molar-refractivity contribution in [1.29, 1.82) is 0 Å². The summed E-state index contributed by atoms with van der Waals surface area (Å²) in [4.78, 5) is 16.4. The molecule has 0 unspecified atom stereocenters. The van der Waals surface area contributed by atoms with Crippen molar-refractivity contribution >= 4 is 17.9 Å². The molecule has 43 heavy (non-hydrogen) atoms. The van der Waals surface area contributed by atoms with E-state index in [0.29, 0.717) is 6.54 Å². The van der Waals surface area contributed by atoms with E-state index >= 15 is 0 Å². The molecule has 1 aromatic heterocycles. The third-order valence-electron chi connectivity index (χ3n) is 7.42. The number of nitrogens with zero attached hydrogens (tertiary/aromatic N) is 1. The van der Waals surface area contributed by atoms with Crippen LogP contribution in [0.15, 0.2) is 115 Å². The van der Waals surface area contributed by atoms with E-state index in [2.05, 4.69) is 35.9 Å². The molecular weight excluding hydrogens is 560 g/mol. The number of nitrogens with one attached hydrogen (secondary N) is 1. The van der Waals surface area contributed by atoms with Crippen LogP contribution in [0.1, 0.15) is 41.6 Å². The van der Waals surface area contributed by atoms with Crippen LogP contribution in [0, 0.1) is 5.92 Å². The lowest BCUT2D eigenvalue weighted by Crippen LogP contribution is -2.38. The zero-order chi connectivity index (χ0) is 30.0. The number of carbonyl (C=O) groups excluding carboxylic acids is 1. The zero-order valence-electron chi connectivity index (χ0n) is 24.1. The van der Waals surface area contributed by atoms with Gasteiger partial charge in [0.25, 0.3) is 0 Å². The normalized spacial score (nSPS) is 19.9. The first-order chi connectivity index (χ1) is 21.1. The van der Waals surface area contributed by atoms with Gasteiger partial charge < -0.3 is 24.6 Å². The number of thioether (sulfide) groups is 1. The van der Waals surface area contributed by atoms with E-state index < -0.39 is 12.4 Å². The van der Waals surface area contributed by atoms with Gasteiger partial charge in [0.2, 0.25) is 0 Å². The van der Waals surface area contributed by atoms with Crippen LogP contribution < -0.4 is 5.32 Å². The Labute approximate surface area is 256 Å². The fraction of sp³-hybridized carbons (Fsp3) is 0.257. The second-order valence-electron chi connectivity index (χ2n) is 10.3. The Morgan fingerprint density at radius 1 is 1.00 bits per heavy atom. The number of alkyl carbamates (subject to hydrolysis) is 1. The van der Waals surface area contributed by atoms with Gasteiger partial charge in [-0.1, -0.05) is 98.4 Å². The van der Waals surface area contributed by atoms with Gasteiger partial charge in [-0.15, -0.1) is 11.8 Å². The lowest BCUT2D eigenvalue weighted by atomic mass is 9.91. The smallest absolute Gasteiger partial charge is 0.407 e. The van der Waals surface area contributed by atoms with E-state index in [4.69, 9.17) is 14.2 Å². The van der Waals surface area contributed by atoms with Gasteiger partial charge >= 0.3 is 6.09 Å². The topological polar surface area (TPSA) is 89.9 Å². The van der Waals surface area contributed by atoms with Crippen LogP contribution in [-0.2, 0) is 27.4 Å². The minimum Gasteiger partial charge on any atom is -0.445 e. The molecular formula is C35H36N2O5S. The predicted molar refractivity (Wildman–Crippen MR) is 168 cm³/mol. The van der Waals surface area contributed by atoms with Gasteiger partial charge in [0, 0.05) is 30.0 Å². The maximum absolute atomic E-state index is 12.0. The average Bonchev–Trinajstić information content (AvgIpc) is 3.06. The van der Waals surface area contributed by atoms with Crippen molar-refractivity contribution in [3.63, 3.8) is 0 Å². The number of aliphatic hydroxyl groups excluding tert-OH is 1. The van der Waals surface area contributed by atoms with Gasteiger partial charge in [0.1, 0.15) is 6.61 Å². The SMILES string of the molecule is C=CCOC(=O)NCc1ccccc1-c1ccc([C@H]2O[C@@H](CSc3ccccn3)[C@@H](C)[C@@H](c3ccc(CO)cc3)O2)cc1. The Balaban J connectivity index is 1.35. The molecule has 4 atom stereocenters. The van der Waals surface area contributed by atoms with Gasteiger partial charge in [0.05, 0.1) is 23.8 Å². The number of benzene rings is 3. The Kier molecular flexibility index (Phi) is 10.6. The number of pyridine rings is 1. The van der Waals surface area contributed by atoms with Crippen molar-refractivity contribution < 1.29 is 24.1 Å². The molecule has 2 heterocycles. The van der Waals surface area contributed by atoms with E-state index in [-0.39, 0.29) is 31.3 Å². The molecule has 0 saturated carbocycles. The highest BCUT2D eigenvalue weighted by molar-refractivity contribution is 7.99. The first-order valence-electron chi connectivity index (χ1n) is 14.3. The number of carbonyl (C=O) groups is 1. The molecule has 2 N–H and O–H groups in total. The summed E-state index contributed by atoms with van der Waals surface area (Å²) in [6.07, 6.45) is 2.02. The minimum atomic E-state index is -0.557. The van der Waals surface area contributed by atoms with Gasteiger partial charge in [-0.3, -0.25) is 0 Å². The lowest BCUT2D eigenvalue weighted by Gasteiger charge is -2.41. The molecule has 1 fully saturated rings. The molecule has 1 amide bonds. The van der Waals surface area contributed by atoms with E-state index in [1.54, 1.807) is 18.0 Å². The van der Waals surface area contributed by atoms with Crippen molar-refractivity contribution in [2.75, 3.05) is 12.4 Å². The number of rotatable bonds is 11. The second kappa shape index (κ2) is 15.0. The molecule has 8 heteroatoms. The van der Waals surface area contributed by atoms with Crippen LogP contribution in [0.25, 0.3) is 11.1 Å². The largest absolute Gasteiger partial charge is 0.445 e. The lowest BCUT2D eigenvalue weighted by molar-refractivity contribution is -0.268. The van der Waals surface area contributed by atoms with Crippen LogP contribution >= 0.6 is 11.8 Å². The van der Waals surface area contributed by atoms with Crippen LogP contribution in [0.2, 0.25) is 0 Å². The number of ether oxygens (including phenoxy) is 3. The first kappa shape index (κ1) is 30.5. The molecule has 1 aliphatic rings. The molecule has 0 aliphatic carbocycles. The fourth-order valence-corrected chi connectivity index (χ4v) is 6.07. The minimum absolute atomic E-state index is 0.00136. The summed E-state index contributed by atoms with van der Waals surface area (Å²) in [6, 6.07) is 30.0. The summed E-state index contributed by atoms with van der Waals surface area (Å²) in [5.74, 6) is 0.820. The summed E-state index contributed by atoms with van der Waals surface area (Å²) in [5, 5.41) is 13.3. The number of hydrogen-bond donors (Lipinski definition) is 2. The molecule has 0 radical (unpaired) electrons. The van der Waals surface area contributed by atoms with Crippen LogP contribution in [0.4, 0.5) is 4.79 Å². The van der Waals surface area contributed by atoms with E-state index in [9.17, 15) is 9.90 Å². The van der Waals surface area contributed by atoms with Gasteiger partial charge in [-0.2, -0.15) is 0 Å². The molecule has 7 nitrogen and oxygen atoms in total. The van der Waals surface area contributed by atoms with Crippen LogP contribution in [-0.4, -0.2) is 34.6 Å². The third-order valence-corrected chi connectivity index (χ3v) is 8.46. The highest BCUT2D eigenvalue weighted by atomic mass is 32.2. The summed E-state index contributed by atoms with van der Waals surface area (Å²) in [6.45, 7) is 6.23. The maximum Gasteiger partial charge on any atom is 0.407 e. The molecule has 222 valence electrons. The Hall–Kier alpha value is -3.95. The molecule has 4 aromatic rings. The monoisotopic (exact) mass is 596 g/mol. The number of hydrogen-bond acceptors (Lipinski definition) is 7. The average molecular weight is 597 g/mol. The van der Waals surface area contributed by atoms with E-state index in [0.717, 1.165) is 44.2 Å². The quantitative estimate of drug-likeness (QED) is 0.139. The fourth-order valence-electron chi connectivity index (χ4n) is 5.04. The predicted octanol–water partition coefficient (Wildman–Crippen LogP) is 7.24. The van der Waals surface area contributed by atoms with Crippen molar-refractivity contribution in [3.05, 3.63) is 132 Å².